The first kappa shape index (κ1) is 12.0. The number of nitrogens with two attached hydrogens (primary N) is 1. The van der Waals surface area contributed by atoms with Gasteiger partial charge in [0.15, 0.2) is 5.65 Å². The van der Waals surface area contributed by atoms with E-state index in [0.29, 0.717) is 17.1 Å². The lowest BCUT2D eigenvalue weighted by Gasteiger charge is -2.03. The molecule has 0 amide bonds. The fraction of sp³-hybridized carbons (Fsp3) is 0.0833. The highest BCUT2D eigenvalue weighted by molar-refractivity contribution is 6.06. The van der Waals surface area contributed by atoms with Crippen LogP contribution in [0, 0.1) is 0 Å². The van der Waals surface area contributed by atoms with Crippen molar-refractivity contribution in [2.75, 3.05) is 12.8 Å². The summed E-state index contributed by atoms with van der Waals surface area (Å²) in [7, 11) is 1.48. The van der Waals surface area contributed by atoms with E-state index in [4.69, 9.17) is 10.5 Å². The minimum absolute atomic E-state index is 0.0827. The topological polar surface area (TPSA) is 108 Å². The maximum atomic E-state index is 12.5. The molecule has 0 aliphatic rings. The van der Waals surface area contributed by atoms with Crippen molar-refractivity contribution in [1.82, 2.24) is 24.6 Å². The van der Waals surface area contributed by atoms with Crippen LogP contribution in [0.2, 0.25) is 0 Å². The number of nitrogen functional groups attached to an aromatic ring is 1. The molecule has 100 valence electrons. The summed E-state index contributed by atoms with van der Waals surface area (Å²) < 4.78 is 6.30. The van der Waals surface area contributed by atoms with Crippen molar-refractivity contribution in [2.45, 2.75) is 0 Å². The van der Waals surface area contributed by atoms with Gasteiger partial charge in [0, 0.05) is 30.1 Å². The Kier molecular flexibility index (Phi) is 2.75. The molecule has 8 nitrogen and oxygen atoms in total. The summed E-state index contributed by atoms with van der Waals surface area (Å²) in [5.41, 5.74) is 6.39. The number of ketones is 1. The summed E-state index contributed by atoms with van der Waals surface area (Å²) in [6, 6.07) is 4.72. The number of pyridine rings is 1. The van der Waals surface area contributed by atoms with Crippen LogP contribution in [0.25, 0.3) is 5.65 Å². The normalized spacial score (nSPS) is 10.7. The smallest absolute Gasteiger partial charge is 0.240 e. The molecule has 20 heavy (non-hydrogen) atoms. The number of methoxy groups -OCH3 is 1. The van der Waals surface area contributed by atoms with Gasteiger partial charge in [0.25, 0.3) is 0 Å². The van der Waals surface area contributed by atoms with E-state index in [1.165, 1.54) is 30.1 Å². The lowest BCUT2D eigenvalue weighted by Crippen LogP contribution is -2.11. The summed E-state index contributed by atoms with van der Waals surface area (Å²) in [5, 5.41) is 3.96. The van der Waals surface area contributed by atoms with Gasteiger partial charge >= 0.3 is 0 Å². The Morgan fingerprint density at radius 1 is 1.30 bits per heavy atom. The van der Waals surface area contributed by atoms with E-state index in [0.717, 1.165) is 0 Å². The van der Waals surface area contributed by atoms with Gasteiger partial charge in [-0.3, -0.25) is 4.79 Å². The average Bonchev–Trinajstić information content (AvgIpc) is 2.86. The molecule has 3 aromatic heterocycles. The zero-order chi connectivity index (χ0) is 14.1. The lowest BCUT2D eigenvalue weighted by molar-refractivity contribution is 0.102. The Morgan fingerprint density at radius 3 is 2.90 bits per heavy atom. The molecule has 0 fully saturated rings. The van der Waals surface area contributed by atoms with Crippen LogP contribution in [0.5, 0.6) is 5.88 Å². The highest BCUT2D eigenvalue weighted by Crippen LogP contribution is 2.13. The van der Waals surface area contributed by atoms with Crippen LogP contribution in [0.4, 0.5) is 5.95 Å². The van der Waals surface area contributed by atoms with E-state index in [-0.39, 0.29) is 17.6 Å². The molecule has 3 heterocycles. The van der Waals surface area contributed by atoms with Gasteiger partial charge in [-0.1, -0.05) is 0 Å². The summed E-state index contributed by atoms with van der Waals surface area (Å²) >= 11 is 0. The number of hydrogen-bond acceptors (Lipinski definition) is 7. The van der Waals surface area contributed by atoms with E-state index < -0.39 is 0 Å². The number of nitrogens with zero attached hydrogens (tertiary/aromatic N) is 5. The number of rotatable bonds is 3. The number of ether oxygens (including phenoxy) is 1. The van der Waals surface area contributed by atoms with Crippen molar-refractivity contribution in [2.24, 2.45) is 0 Å². The molecule has 0 saturated heterocycles. The number of hydrogen-bond donors (Lipinski definition) is 1. The summed E-state index contributed by atoms with van der Waals surface area (Å²) in [4.78, 5) is 24.4. The van der Waals surface area contributed by atoms with Crippen molar-refractivity contribution >= 4 is 17.4 Å². The predicted molar refractivity (Wildman–Crippen MR) is 69.4 cm³/mol. The van der Waals surface area contributed by atoms with Crippen LogP contribution < -0.4 is 10.5 Å². The maximum Gasteiger partial charge on any atom is 0.240 e. The monoisotopic (exact) mass is 270 g/mol. The molecular weight excluding hydrogens is 260 g/mol. The van der Waals surface area contributed by atoms with E-state index in [1.807, 2.05) is 0 Å². The second-order valence-electron chi connectivity index (χ2n) is 3.92. The molecule has 0 radical (unpaired) electrons. The molecule has 0 aromatic carbocycles. The second kappa shape index (κ2) is 4.57. The highest BCUT2D eigenvalue weighted by Gasteiger charge is 2.17. The maximum absolute atomic E-state index is 12.5. The summed E-state index contributed by atoms with van der Waals surface area (Å²) in [6.45, 7) is 0. The predicted octanol–water partition coefficient (Wildman–Crippen LogP) is 0.341. The number of carbonyl (C=O) groups excluding carboxylic acids is 1. The van der Waals surface area contributed by atoms with Crippen LogP contribution in [0.15, 0.2) is 30.6 Å². The Bertz CT molecular complexity index is 797. The van der Waals surface area contributed by atoms with Crippen LogP contribution in [0.1, 0.15) is 16.2 Å². The van der Waals surface area contributed by atoms with Gasteiger partial charge in [-0.25, -0.2) is 9.97 Å². The third-order valence-corrected chi connectivity index (χ3v) is 2.68. The molecule has 3 aromatic rings. The zero-order valence-electron chi connectivity index (χ0n) is 10.5. The SMILES string of the molecule is COc1cc(C(=O)c2nccc3nc(N)nn23)ccn1. The average molecular weight is 270 g/mol. The van der Waals surface area contributed by atoms with Crippen molar-refractivity contribution in [1.29, 1.82) is 0 Å². The molecule has 0 spiro atoms. The number of fused-ring (bicyclic) bond motifs is 1. The quantitative estimate of drug-likeness (QED) is 0.683. The number of anilines is 1. The first-order valence-electron chi connectivity index (χ1n) is 5.71. The molecule has 8 heteroatoms. The van der Waals surface area contributed by atoms with Gasteiger partial charge in [-0.15, -0.1) is 5.10 Å². The van der Waals surface area contributed by atoms with Gasteiger partial charge in [0.2, 0.25) is 23.4 Å². The lowest BCUT2D eigenvalue weighted by atomic mass is 10.1. The van der Waals surface area contributed by atoms with Crippen molar-refractivity contribution in [3.8, 4) is 5.88 Å². The van der Waals surface area contributed by atoms with Crippen LogP contribution in [-0.4, -0.2) is 37.5 Å². The molecule has 0 saturated carbocycles. The molecule has 0 aliphatic carbocycles. The minimum Gasteiger partial charge on any atom is -0.481 e. The molecular formula is C12H10N6O2. The van der Waals surface area contributed by atoms with Crippen molar-refractivity contribution in [3.05, 3.63) is 42.0 Å². The largest absolute Gasteiger partial charge is 0.481 e. The zero-order valence-corrected chi connectivity index (χ0v) is 10.5. The molecule has 0 unspecified atom stereocenters. The Labute approximate surface area is 113 Å². The third-order valence-electron chi connectivity index (χ3n) is 2.68. The fourth-order valence-electron chi connectivity index (χ4n) is 1.78. The first-order valence-corrected chi connectivity index (χ1v) is 5.71. The summed E-state index contributed by atoms with van der Waals surface area (Å²) in [6.07, 6.45) is 2.97. The molecule has 0 bridgehead atoms. The van der Waals surface area contributed by atoms with Crippen LogP contribution in [0.3, 0.4) is 0 Å². The number of aromatic nitrogens is 5. The van der Waals surface area contributed by atoms with E-state index in [9.17, 15) is 4.79 Å². The third kappa shape index (κ3) is 1.92. The van der Waals surface area contributed by atoms with Crippen molar-refractivity contribution in [3.63, 3.8) is 0 Å². The van der Waals surface area contributed by atoms with Gasteiger partial charge in [-0.05, 0) is 6.07 Å². The Balaban J connectivity index is 2.12. The van der Waals surface area contributed by atoms with Crippen molar-refractivity contribution < 1.29 is 9.53 Å². The first-order chi connectivity index (χ1) is 9.69. The molecule has 0 atom stereocenters. The van der Waals surface area contributed by atoms with E-state index >= 15 is 0 Å². The van der Waals surface area contributed by atoms with Gasteiger partial charge < -0.3 is 10.5 Å². The van der Waals surface area contributed by atoms with E-state index in [2.05, 4.69) is 20.1 Å². The fourth-order valence-corrected chi connectivity index (χ4v) is 1.78. The van der Waals surface area contributed by atoms with Crippen LogP contribution >= 0.6 is 0 Å². The standard InChI is InChI=1S/C12H10N6O2/c1-20-9-6-7(2-4-14-9)10(19)11-15-5-3-8-16-12(13)17-18(8)11/h2-6H,1H3,(H2,13,17). The van der Waals surface area contributed by atoms with Gasteiger partial charge in [-0.2, -0.15) is 9.50 Å². The summed E-state index contributed by atoms with van der Waals surface area (Å²) in [5.74, 6) is 0.238. The molecule has 0 aliphatic heterocycles. The van der Waals surface area contributed by atoms with Gasteiger partial charge in [0.1, 0.15) is 0 Å². The number of carbonyl (C=O) groups is 1. The molecule has 3 rings (SSSR count). The minimum atomic E-state index is -0.318. The Hall–Kier alpha value is -3.03. The van der Waals surface area contributed by atoms with E-state index in [1.54, 1.807) is 12.1 Å². The van der Waals surface area contributed by atoms with Gasteiger partial charge in [0.05, 0.1) is 7.11 Å². The van der Waals surface area contributed by atoms with Crippen LogP contribution in [-0.2, 0) is 0 Å². The highest BCUT2D eigenvalue weighted by atomic mass is 16.5. The Morgan fingerprint density at radius 2 is 2.10 bits per heavy atom. The molecule has 2 N–H and O–H groups in total. The second-order valence-corrected chi connectivity index (χ2v) is 3.92.